The van der Waals surface area contributed by atoms with Crippen LogP contribution in [0.15, 0.2) is 0 Å². The van der Waals surface area contributed by atoms with Gasteiger partial charge in [-0.1, -0.05) is 0 Å². The van der Waals surface area contributed by atoms with Gasteiger partial charge in [-0.25, -0.2) is 0 Å². The van der Waals surface area contributed by atoms with Crippen molar-refractivity contribution in [3.05, 3.63) is 5.82 Å². The molecule has 1 rings (SSSR count). The summed E-state index contributed by atoms with van der Waals surface area (Å²) in [6.07, 6.45) is 3.00. The van der Waals surface area contributed by atoms with Crippen LogP contribution in [0.5, 0.6) is 0 Å². The molecule has 0 radical (unpaired) electrons. The van der Waals surface area contributed by atoms with Gasteiger partial charge in [0.25, 0.3) is 0 Å². The van der Waals surface area contributed by atoms with Gasteiger partial charge in [-0.2, -0.15) is 11.8 Å². The Balaban J connectivity index is 2.69. The van der Waals surface area contributed by atoms with Gasteiger partial charge in [0.05, 0.1) is 6.04 Å². The highest BCUT2D eigenvalue weighted by Crippen LogP contribution is 2.15. The van der Waals surface area contributed by atoms with Gasteiger partial charge in [-0.05, 0) is 18.4 Å². The third kappa shape index (κ3) is 2.39. The normalized spacial score (nSPS) is 12.9. The van der Waals surface area contributed by atoms with Gasteiger partial charge < -0.3 is 11.1 Å². The van der Waals surface area contributed by atoms with E-state index >= 15 is 0 Å². The Kier molecular flexibility index (Phi) is 4.21. The topological polar surface area (TPSA) is 68.8 Å². The fourth-order valence-electron chi connectivity index (χ4n) is 1.26. The van der Waals surface area contributed by atoms with Gasteiger partial charge in [0, 0.05) is 14.1 Å². The number of anilines is 1. The fourth-order valence-corrected chi connectivity index (χ4v) is 1.75. The van der Waals surface area contributed by atoms with E-state index in [-0.39, 0.29) is 6.04 Å². The van der Waals surface area contributed by atoms with Gasteiger partial charge in [0.15, 0.2) is 5.82 Å². The molecule has 1 aromatic heterocycles. The first-order valence-corrected chi connectivity index (χ1v) is 5.91. The highest BCUT2D eigenvalue weighted by atomic mass is 32.2. The molecule has 0 bridgehead atoms. The van der Waals surface area contributed by atoms with Crippen LogP contribution in [0, 0.1) is 0 Å². The minimum absolute atomic E-state index is 0.0259. The van der Waals surface area contributed by atoms with Crippen molar-refractivity contribution in [2.24, 2.45) is 12.8 Å². The maximum atomic E-state index is 5.99. The molecule has 1 atom stereocenters. The lowest BCUT2D eigenvalue weighted by molar-refractivity contribution is 0.620. The highest BCUT2D eigenvalue weighted by molar-refractivity contribution is 7.98. The number of thioether (sulfide) groups is 1. The lowest BCUT2D eigenvalue weighted by atomic mass is 10.2. The summed E-state index contributed by atoms with van der Waals surface area (Å²) in [5.41, 5.74) is 5.99. The van der Waals surface area contributed by atoms with Crippen molar-refractivity contribution >= 4 is 17.7 Å². The number of nitrogens with two attached hydrogens (primary N) is 1. The van der Waals surface area contributed by atoms with Crippen LogP contribution in [0.4, 0.5) is 5.95 Å². The second-order valence-corrected chi connectivity index (χ2v) is 4.06. The Hall–Kier alpha value is -0.750. The number of rotatable bonds is 5. The van der Waals surface area contributed by atoms with Crippen LogP contribution in [-0.4, -0.2) is 33.8 Å². The van der Waals surface area contributed by atoms with E-state index in [1.54, 1.807) is 11.8 Å². The quantitative estimate of drug-likeness (QED) is 0.753. The van der Waals surface area contributed by atoms with Gasteiger partial charge in [0.2, 0.25) is 5.95 Å². The molecule has 80 valence electrons. The third-order valence-electron chi connectivity index (χ3n) is 2.10. The molecule has 0 spiro atoms. The molecule has 1 unspecified atom stereocenters. The summed E-state index contributed by atoms with van der Waals surface area (Å²) in [6.45, 7) is 0. The Bertz CT molecular complexity index is 285. The summed E-state index contributed by atoms with van der Waals surface area (Å²) < 4.78 is 1.89. The van der Waals surface area contributed by atoms with E-state index in [0.29, 0.717) is 0 Å². The van der Waals surface area contributed by atoms with Crippen LogP contribution in [0.25, 0.3) is 0 Å². The van der Waals surface area contributed by atoms with Crippen LogP contribution in [0.2, 0.25) is 0 Å². The van der Waals surface area contributed by atoms with Crippen LogP contribution in [-0.2, 0) is 7.05 Å². The maximum Gasteiger partial charge on any atom is 0.224 e. The predicted octanol–water partition coefficient (Wildman–Crippen LogP) is 0.610. The molecule has 3 N–H and O–H groups in total. The predicted molar refractivity (Wildman–Crippen MR) is 60.5 cm³/mol. The van der Waals surface area contributed by atoms with Crippen molar-refractivity contribution in [1.29, 1.82) is 0 Å². The van der Waals surface area contributed by atoms with Crippen molar-refractivity contribution in [3.63, 3.8) is 0 Å². The minimum atomic E-state index is -0.0259. The van der Waals surface area contributed by atoms with E-state index in [2.05, 4.69) is 21.8 Å². The number of nitrogens with one attached hydrogen (secondary N) is 1. The lowest BCUT2D eigenvalue weighted by Gasteiger charge is -2.10. The zero-order chi connectivity index (χ0) is 10.6. The molecular formula is C8H17N5S. The summed E-state index contributed by atoms with van der Waals surface area (Å²) in [5.74, 6) is 2.63. The van der Waals surface area contributed by atoms with Gasteiger partial charge in [-0.15, -0.1) is 10.2 Å². The monoisotopic (exact) mass is 215 g/mol. The van der Waals surface area contributed by atoms with E-state index in [1.807, 2.05) is 18.7 Å². The molecule has 5 nitrogen and oxygen atoms in total. The van der Waals surface area contributed by atoms with E-state index in [4.69, 9.17) is 5.73 Å². The van der Waals surface area contributed by atoms with E-state index < -0.39 is 0 Å². The summed E-state index contributed by atoms with van der Waals surface area (Å²) in [6, 6.07) is -0.0259. The van der Waals surface area contributed by atoms with Crippen molar-refractivity contribution < 1.29 is 0 Å². The fraction of sp³-hybridized carbons (Fsp3) is 0.750. The number of aromatic nitrogens is 3. The van der Waals surface area contributed by atoms with Gasteiger partial charge in [-0.3, -0.25) is 4.57 Å². The Morgan fingerprint density at radius 1 is 1.57 bits per heavy atom. The number of nitrogens with zero attached hydrogens (tertiary/aromatic N) is 3. The van der Waals surface area contributed by atoms with Crippen LogP contribution in [0.3, 0.4) is 0 Å². The Labute approximate surface area is 88.5 Å². The van der Waals surface area contributed by atoms with Crippen LogP contribution >= 0.6 is 11.8 Å². The van der Waals surface area contributed by atoms with Crippen molar-refractivity contribution in [3.8, 4) is 0 Å². The summed E-state index contributed by atoms with van der Waals surface area (Å²) in [4.78, 5) is 0. The average Bonchev–Trinajstić information content (AvgIpc) is 2.56. The molecule has 0 aliphatic heterocycles. The molecule has 1 heterocycles. The molecule has 1 aromatic rings. The standard InChI is InChI=1S/C8H17N5S/c1-10-8-12-11-7(13(8)2)6(9)4-5-14-3/h6H,4-5,9H2,1-3H3,(H,10,12). The minimum Gasteiger partial charge on any atom is -0.357 e. The first-order valence-electron chi connectivity index (χ1n) is 4.52. The molecule has 14 heavy (non-hydrogen) atoms. The second-order valence-electron chi connectivity index (χ2n) is 3.08. The van der Waals surface area contributed by atoms with Gasteiger partial charge in [0.1, 0.15) is 0 Å². The summed E-state index contributed by atoms with van der Waals surface area (Å²) in [7, 11) is 3.74. The highest BCUT2D eigenvalue weighted by Gasteiger charge is 2.14. The third-order valence-corrected chi connectivity index (χ3v) is 2.74. The van der Waals surface area contributed by atoms with E-state index in [1.165, 1.54) is 0 Å². The zero-order valence-corrected chi connectivity index (χ0v) is 9.64. The average molecular weight is 215 g/mol. The van der Waals surface area contributed by atoms with E-state index in [9.17, 15) is 0 Å². The SMILES string of the molecule is CNc1nnc(C(N)CCSC)n1C. The van der Waals surface area contributed by atoms with Crippen molar-refractivity contribution in [2.75, 3.05) is 24.4 Å². The maximum absolute atomic E-state index is 5.99. The zero-order valence-electron chi connectivity index (χ0n) is 8.82. The molecule has 0 amide bonds. The molecule has 0 aliphatic carbocycles. The molecule has 0 aromatic carbocycles. The lowest BCUT2D eigenvalue weighted by Crippen LogP contribution is -2.16. The first kappa shape index (κ1) is 11.3. The van der Waals surface area contributed by atoms with Crippen molar-refractivity contribution in [2.45, 2.75) is 12.5 Å². The molecule has 6 heteroatoms. The number of hydrogen-bond donors (Lipinski definition) is 2. The summed E-state index contributed by atoms with van der Waals surface area (Å²) in [5, 5.41) is 11.0. The Morgan fingerprint density at radius 2 is 2.29 bits per heavy atom. The molecule has 0 saturated carbocycles. The molecular weight excluding hydrogens is 198 g/mol. The summed E-state index contributed by atoms with van der Waals surface area (Å²) >= 11 is 1.79. The van der Waals surface area contributed by atoms with Crippen LogP contribution < -0.4 is 11.1 Å². The van der Waals surface area contributed by atoms with E-state index in [0.717, 1.165) is 23.9 Å². The smallest absolute Gasteiger partial charge is 0.224 e. The first-order chi connectivity index (χ1) is 6.70. The molecule has 0 aliphatic rings. The van der Waals surface area contributed by atoms with Crippen molar-refractivity contribution in [1.82, 2.24) is 14.8 Å². The molecule has 0 saturated heterocycles. The number of hydrogen-bond acceptors (Lipinski definition) is 5. The molecule has 0 fully saturated rings. The Morgan fingerprint density at radius 3 is 2.79 bits per heavy atom. The van der Waals surface area contributed by atoms with Gasteiger partial charge >= 0.3 is 0 Å². The van der Waals surface area contributed by atoms with Crippen LogP contribution in [0.1, 0.15) is 18.3 Å². The largest absolute Gasteiger partial charge is 0.357 e. The second kappa shape index (κ2) is 5.21.